The maximum Gasteiger partial charge on any atom is 0.265 e. The minimum atomic E-state index is -3.76. The van der Waals surface area contributed by atoms with Crippen LogP contribution in [0, 0.1) is 0 Å². The second-order valence-electron chi connectivity index (χ2n) is 5.13. The number of ether oxygens (including phenoxy) is 2. The molecule has 2 aromatic rings. The Balaban J connectivity index is 2.16. The highest BCUT2D eigenvalue weighted by atomic mass is 79.9. The standard InChI is InChI=1S/C17H20BrNO4S/c1-3-4-11-23-15-8-6-14(7-9-15)19-24(20,21)17-12-13(18)5-10-16(17)22-2/h5-10,12,19H,3-4,11H2,1-2H3. The third-order valence-corrected chi connectivity index (χ3v) is 5.18. The van der Waals surface area contributed by atoms with Gasteiger partial charge in [-0.3, -0.25) is 4.72 Å². The number of benzene rings is 2. The fourth-order valence-corrected chi connectivity index (χ4v) is 3.79. The Morgan fingerprint density at radius 3 is 2.46 bits per heavy atom. The molecule has 130 valence electrons. The van der Waals surface area contributed by atoms with Crippen LogP contribution in [0.25, 0.3) is 0 Å². The molecule has 2 aromatic carbocycles. The van der Waals surface area contributed by atoms with E-state index < -0.39 is 10.0 Å². The molecule has 2 rings (SSSR count). The first-order valence-corrected chi connectivity index (χ1v) is 9.83. The van der Waals surface area contributed by atoms with E-state index >= 15 is 0 Å². The molecule has 0 aliphatic heterocycles. The van der Waals surface area contributed by atoms with Crippen LogP contribution >= 0.6 is 15.9 Å². The Bertz CT molecular complexity index is 776. The van der Waals surface area contributed by atoms with E-state index in [2.05, 4.69) is 27.6 Å². The largest absolute Gasteiger partial charge is 0.495 e. The number of halogens is 1. The normalized spacial score (nSPS) is 11.1. The van der Waals surface area contributed by atoms with Crippen LogP contribution in [0.5, 0.6) is 11.5 Å². The smallest absolute Gasteiger partial charge is 0.265 e. The summed E-state index contributed by atoms with van der Waals surface area (Å²) in [6, 6.07) is 11.6. The molecule has 0 bridgehead atoms. The molecule has 7 heteroatoms. The molecule has 5 nitrogen and oxygen atoms in total. The van der Waals surface area contributed by atoms with E-state index in [1.807, 2.05) is 0 Å². The summed E-state index contributed by atoms with van der Waals surface area (Å²) in [5.74, 6) is 0.997. The van der Waals surface area contributed by atoms with E-state index in [-0.39, 0.29) is 10.6 Å². The van der Waals surface area contributed by atoms with Gasteiger partial charge in [-0.1, -0.05) is 29.3 Å². The van der Waals surface area contributed by atoms with Crippen LogP contribution in [0.4, 0.5) is 5.69 Å². The first-order valence-electron chi connectivity index (χ1n) is 7.55. The van der Waals surface area contributed by atoms with Crippen LogP contribution in [0.15, 0.2) is 51.8 Å². The molecule has 0 unspecified atom stereocenters. The topological polar surface area (TPSA) is 64.6 Å². The van der Waals surface area contributed by atoms with Crippen molar-refractivity contribution >= 4 is 31.6 Å². The molecular weight excluding hydrogens is 394 g/mol. The minimum absolute atomic E-state index is 0.0719. The van der Waals surface area contributed by atoms with Crippen LogP contribution in [-0.4, -0.2) is 22.1 Å². The summed E-state index contributed by atoms with van der Waals surface area (Å²) in [7, 11) is -2.32. The van der Waals surface area contributed by atoms with Gasteiger partial charge in [0.15, 0.2) is 0 Å². The zero-order chi connectivity index (χ0) is 17.6. The molecule has 0 aliphatic carbocycles. The lowest BCUT2D eigenvalue weighted by molar-refractivity contribution is 0.309. The second kappa shape index (κ2) is 8.39. The molecule has 0 amide bonds. The van der Waals surface area contributed by atoms with Gasteiger partial charge in [-0.05, 0) is 48.9 Å². The molecule has 0 fully saturated rings. The Kier molecular flexibility index (Phi) is 6.51. The maximum atomic E-state index is 12.6. The predicted octanol–water partition coefficient (Wildman–Crippen LogP) is 4.44. The van der Waals surface area contributed by atoms with Crippen LogP contribution in [0.3, 0.4) is 0 Å². The zero-order valence-electron chi connectivity index (χ0n) is 13.6. The van der Waals surface area contributed by atoms with Crippen molar-refractivity contribution in [2.24, 2.45) is 0 Å². The number of anilines is 1. The summed E-state index contributed by atoms with van der Waals surface area (Å²) in [5, 5.41) is 0. The molecule has 0 radical (unpaired) electrons. The van der Waals surface area contributed by atoms with Gasteiger partial charge in [-0.2, -0.15) is 0 Å². The molecular formula is C17H20BrNO4S. The third kappa shape index (κ3) is 4.88. The number of nitrogens with one attached hydrogen (secondary N) is 1. The van der Waals surface area contributed by atoms with Crippen molar-refractivity contribution in [2.45, 2.75) is 24.7 Å². The highest BCUT2D eigenvalue weighted by Gasteiger charge is 2.20. The Morgan fingerprint density at radius 2 is 1.83 bits per heavy atom. The van der Waals surface area contributed by atoms with Gasteiger partial charge in [0, 0.05) is 10.2 Å². The van der Waals surface area contributed by atoms with E-state index in [1.54, 1.807) is 36.4 Å². The summed E-state index contributed by atoms with van der Waals surface area (Å²) in [4.78, 5) is 0.0719. The highest BCUT2D eigenvalue weighted by Crippen LogP contribution is 2.29. The number of rotatable bonds is 8. The van der Waals surface area contributed by atoms with Crippen molar-refractivity contribution in [2.75, 3.05) is 18.4 Å². The number of hydrogen-bond acceptors (Lipinski definition) is 4. The van der Waals surface area contributed by atoms with Gasteiger partial charge in [0.1, 0.15) is 16.4 Å². The van der Waals surface area contributed by atoms with Crippen molar-refractivity contribution < 1.29 is 17.9 Å². The van der Waals surface area contributed by atoms with Crippen LogP contribution < -0.4 is 14.2 Å². The fourth-order valence-electron chi connectivity index (χ4n) is 2.02. The van der Waals surface area contributed by atoms with E-state index in [9.17, 15) is 8.42 Å². The molecule has 0 heterocycles. The van der Waals surface area contributed by atoms with E-state index in [1.165, 1.54) is 13.2 Å². The van der Waals surface area contributed by atoms with Crippen molar-refractivity contribution in [3.63, 3.8) is 0 Å². The number of hydrogen-bond donors (Lipinski definition) is 1. The fraction of sp³-hybridized carbons (Fsp3) is 0.294. The first-order chi connectivity index (χ1) is 11.5. The van der Waals surface area contributed by atoms with E-state index in [4.69, 9.17) is 9.47 Å². The quantitative estimate of drug-likeness (QED) is 0.649. The lowest BCUT2D eigenvalue weighted by Gasteiger charge is -2.12. The molecule has 0 spiro atoms. The molecule has 0 saturated carbocycles. The van der Waals surface area contributed by atoms with E-state index in [0.29, 0.717) is 22.5 Å². The van der Waals surface area contributed by atoms with Crippen molar-refractivity contribution in [1.29, 1.82) is 0 Å². The van der Waals surface area contributed by atoms with Crippen molar-refractivity contribution in [3.05, 3.63) is 46.9 Å². The van der Waals surface area contributed by atoms with Crippen LogP contribution in [-0.2, 0) is 10.0 Å². The predicted molar refractivity (Wildman–Crippen MR) is 98.3 cm³/mol. The highest BCUT2D eigenvalue weighted by molar-refractivity contribution is 9.10. The molecule has 0 aromatic heterocycles. The van der Waals surface area contributed by atoms with Crippen molar-refractivity contribution in [1.82, 2.24) is 0 Å². The van der Waals surface area contributed by atoms with Gasteiger partial charge in [-0.15, -0.1) is 0 Å². The summed E-state index contributed by atoms with van der Waals surface area (Å²) in [6.07, 6.45) is 2.05. The average molecular weight is 414 g/mol. The SMILES string of the molecule is CCCCOc1ccc(NS(=O)(=O)c2cc(Br)ccc2OC)cc1. The third-order valence-electron chi connectivity index (χ3n) is 3.29. The average Bonchev–Trinajstić information content (AvgIpc) is 2.56. The zero-order valence-corrected chi connectivity index (χ0v) is 16.0. The van der Waals surface area contributed by atoms with Gasteiger partial charge in [0.05, 0.1) is 13.7 Å². The van der Waals surface area contributed by atoms with Gasteiger partial charge in [0.2, 0.25) is 0 Å². The molecule has 0 saturated heterocycles. The lowest BCUT2D eigenvalue weighted by atomic mass is 10.3. The van der Waals surface area contributed by atoms with Crippen molar-refractivity contribution in [3.8, 4) is 11.5 Å². The van der Waals surface area contributed by atoms with Gasteiger partial charge >= 0.3 is 0 Å². The van der Waals surface area contributed by atoms with Gasteiger partial charge < -0.3 is 9.47 Å². The second-order valence-corrected chi connectivity index (χ2v) is 7.69. The summed E-state index contributed by atoms with van der Waals surface area (Å²) >= 11 is 3.28. The first kappa shape index (κ1) is 18.6. The maximum absolute atomic E-state index is 12.6. The summed E-state index contributed by atoms with van der Waals surface area (Å²) in [5.41, 5.74) is 0.458. The summed E-state index contributed by atoms with van der Waals surface area (Å²) < 4.78 is 39.1. The number of sulfonamides is 1. The Labute approximate surface area is 151 Å². The number of methoxy groups -OCH3 is 1. The number of unbranched alkanes of at least 4 members (excludes halogenated alkanes) is 1. The van der Waals surface area contributed by atoms with Crippen LogP contribution in [0.2, 0.25) is 0 Å². The van der Waals surface area contributed by atoms with Gasteiger partial charge in [-0.25, -0.2) is 8.42 Å². The minimum Gasteiger partial charge on any atom is -0.495 e. The monoisotopic (exact) mass is 413 g/mol. The molecule has 0 atom stereocenters. The molecule has 1 N–H and O–H groups in total. The Morgan fingerprint density at radius 1 is 1.12 bits per heavy atom. The van der Waals surface area contributed by atoms with E-state index in [0.717, 1.165) is 12.8 Å². The Hall–Kier alpha value is -1.73. The molecule has 24 heavy (non-hydrogen) atoms. The summed E-state index contributed by atoms with van der Waals surface area (Å²) in [6.45, 7) is 2.74. The van der Waals surface area contributed by atoms with Crippen LogP contribution in [0.1, 0.15) is 19.8 Å². The lowest BCUT2D eigenvalue weighted by Crippen LogP contribution is -2.14. The molecule has 0 aliphatic rings. The van der Waals surface area contributed by atoms with Gasteiger partial charge in [0.25, 0.3) is 10.0 Å².